The second-order valence-electron chi connectivity index (χ2n) is 5.61. The van der Waals surface area contributed by atoms with Crippen molar-refractivity contribution in [3.8, 4) is 0 Å². The summed E-state index contributed by atoms with van der Waals surface area (Å²) >= 11 is 0. The first kappa shape index (κ1) is 12.5. The van der Waals surface area contributed by atoms with Gasteiger partial charge in [0, 0.05) is 11.1 Å². The van der Waals surface area contributed by atoms with E-state index in [1.807, 2.05) is 0 Å². The van der Waals surface area contributed by atoms with Crippen LogP contribution in [0.2, 0.25) is 0 Å². The van der Waals surface area contributed by atoms with Crippen LogP contribution >= 0.6 is 0 Å². The van der Waals surface area contributed by atoms with Gasteiger partial charge in [0.1, 0.15) is 11.6 Å². The molecule has 3 heteroatoms. The van der Waals surface area contributed by atoms with Crippen LogP contribution in [-0.4, -0.2) is 0 Å². The molecular formula is C14H19F2N. The minimum atomic E-state index is -0.855. The summed E-state index contributed by atoms with van der Waals surface area (Å²) in [7, 11) is 0. The van der Waals surface area contributed by atoms with Crippen LogP contribution < -0.4 is 5.73 Å². The lowest BCUT2D eigenvalue weighted by molar-refractivity contribution is 0.175. The van der Waals surface area contributed by atoms with E-state index in [2.05, 4.69) is 13.8 Å². The largest absolute Gasteiger partial charge is 0.321 e. The van der Waals surface area contributed by atoms with Crippen LogP contribution in [-0.2, 0) is 5.54 Å². The van der Waals surface area contributed by atoms with Crippen LogP contribution in [0.25, 0.3) is 0 Å². The maximum absolute atomic E-state index is 13.8. The molecule has 17 heavy (non-hydrogen) atoms. The average Bonchev–Trinajstić information content (AvgIpc) is 2.13. The third kappa shape index (κ3) is 2.34. The molecule has 0 aromatic heterocycles. The molecule has 1 aromatic carbocycles. The third-order valence-electron chi connectivity index (χ3n) is 3.69. The molecule has 1 saturated carbocycles. The lowest BCUT2D eigenvalue weighted by Gasteiger charge is -2.40. The second kappa shape index (κ2) is 4.37. The Morgan fingerprint density at radius 3 is 2.06 bits per heavy atom. The van der Waals surface area contributed by atoms with E-state index >= 15 is 0 Å². The highest BCUT2D eigenvalue weighted by Gasteiger charge is 2.39. The fourth-order valence-corrected chi connectivity index (χ4v) is 3.36. The standard InChI is InChI=1S/C14H19F2N/c1-9-6-10(2)8-14(17,7-9)13-11(15)4-3-5-12(13)16/h3-5,9-10H,6-8,17H2,1-2H3. The summed E-state index contributed by atoms with van der Waals surface area (Å²) in [6, 6.07) is 3.96. The van der Waals surface area contributed by atoms with Crippen LogP contribution in [0.1, 0.15) is 38.7 Å². The van der Waals surface area contributed by atoms with E-state index in [-0.39, 0.29) is 5.56 Å². The van der Waals surface area contributed by atoms with E-state index < -0.39 is 17.2 Å². The highest BCUT2D eigenvalue weighted by atomic mass is 19.1. The number of rotatable bonds is 1. The minimum absolute atomic E-state index is 0.0680. The molecule has 1 fully saturated rings. The van der Waals surface area contributed by atoms with Crippen molar-refractivity contribution in [3.63, 3.8) is 0 Å². The van der Waals surface area contributed by atoms with E-state index in [0.29, 0.717) is 24.7 Å². The van der Waals surface area contributed by atoms with Crippen molar-refractivity contribution in [2.24, 2.45) is 17.6 Å². The van der Waals surface area contributed by atoms with E-state index in [9.17, 15) is 8.78 Å². The van der Waals surface area contributed by atoms with Gasteiger partial charge < -0.3 is 5.73 Å². The van der Waals surface area contributed by atoms with Crippen molar-refractivity contribution in [1.29, 1.82) is 0 Å². The molecule has 2 rings (SSSR count). The molecular weight excluding hydrogens is 220 g/mol. The maximum atomic E-state index is 13.8. The number of hydrogen-bond acceptors (Lipinski definition) is 1. The highest BCUT2D eigenvalue weighted by Crippen LogP contribution is 2.42. The van der Waals surface area contributed by atoms with Crippen LogP contribution in [0.4, 0.5) is 8.78 Å². The summed E-state index contributed by atoms with van der Waals surface area (Å²) < 4.78 is 27.6. The third-order valence-corrected chi connectivity index (χ3v) is 3.69. The summed E-state index contributed by atoms with van der Waals surface area (Å²) in [5.41, 5.74) is 5.50. The predicted octanol–water partition coefficient (Wildman–Crippen LogP) is 3.57. The van der Waals surface area contributed by atoms with Gasteiger partial charge in [-0.1, -0.05) is 19.9 Å². The molecule has 1 nitrogen and oxygen atoms in total. The summed E-state index contributed by atoms with van der Waals surface area (Å²) in [6.45, 7) is 4.19. The first-order valence-electron chi connectivity index (χ1n) is 6.16. The first-order valence-corrected chi connectivity index (χ1v) is 6.16. The number of benzene rings is 1. The summed E-state index contributed by atoms with van der Waals surface area (Å²) in [5.74, 6) is -0.229. The van der Waals surface area contributed by atoms with Crippen molar-refractivity contribution < 1.29 is 8.78 Å². The van der Waals surface area contributed by atoms with Gasteiger partial charge in [0.2, 0.25) is 0 Å². The average molecular weight is 239 g/mol. The van der Waals surface area contributed by atoms with Crippen LogP contribution in [0.15, 0.2) is 18.2 Å². The molecule has 0 radical (unpaired) electrons. The van der Waals surface area contributed by atoms with Gasteiger partial charge in [-0.2, -0.15) is 0 Å². The smallest absolute Gasteiger partial charge is 0.131 e. The monoisotopic (exact) mass is 239 g/mol. The van der Waals surface area contributed by atoms with Gasteiger partial charge in [-0.3, -0.25) is 0 Å². The SMILES string of the molecule is CC1CC(C)CC(N)(c2c(F)cccc2F)C1. The molecule has 2 atom stereocenters. The van der Waals surface area contributed by atoms with E-state index in [1.54, 1.807) is 0 Å². The lowest BCUT2D eigenvalue weighted by atomic mass is 9.69. The first-order chi connectivity index (χ1) is 7.92. The van der Waals surface area contributed by atoms with Crippen LogP contribution in [0, 0.1) is 23.5 Å². The molecule has 0 bridgehead atoms. The van der Waals surface area contributed by atoms with Gasteiger partial charge in [0.25, 0.3) is 0 Å². The van der Waals surface area contributed by atoms with E-state index in [4.69, 9.17) is 5.73 Å². The molecule has 1 aliphatic rings. The molecule has 0 amide bonds. The molecule has 0 saturated heterocycles. The van der Waals surface area contributed by atoms with Crippen LogP contribution in [0.5, 0.6) is 0 Å². The van der Waals surface area contributed by atoms with Crippen molar-refractivity contribution in [2.45, 2.75) is 38.6 Å². The maximum Gasteiger partial charge on any atom is 0.131 e. The van der Waals surface area contributed by atoms with Gasteiger partial charge in [-0.25, -0.2) is 8.78 Å². The lowest BCUT2D eigenvalue weighted by Crippen LogP contribution is -2.44. The summed E-state index contributed by atoms with van der Waals surface area (Å²) in [5, 5.41) is 0. The molecule has 1 aliphatic carbocycles. The second-order valence-corrected chi connectivity index (χ2v) is 5.61. The quantitative estimate of drug-likeness (QED) is 0.796. The Labute approximate surface area is 101 Å². The Morgan fingerprint density at radius 1 is 1.12 bits per heavy atom. The van der Waals surface area contributed by atoms with Gasteiger partial charge in [0.05, 0.1) is 0 Å². The van der Waals surface area contributed by atoms with Gasteiger partial charge in [-0.15, -0.1) is 0 Å². The molecule has 94 valence electrons. The Hall–Kier alpha value is -0.960. The predicted molar refractivity (Wildman–Crippen MR) is 64.4 cm³/mol. The van der Waals surface area contributed by atoms with Crippen LogP contribution in [0.3, 0.4) is 0 Å². The normalized spacial score (nSPS) is 33.7. The topological polar surface area (TPSA) is 26.0 Å². The van der Waals surface area contributed by atoms with Gasteiger partial charge in [-0.05, 0) is 43.2 Å². The highest BCUT2D eigenvalue weighted by molar-refractivity contribution is 5.28. The molecule has 0 heterocycles. The van der Waals surface area contributed by atoms with Crippen molar-refractivity contribution in [1.82, 2.24) is 0 Å². The Balaban J connectivity index is 2.43. The molecule has 1 aromatic rings. The molecule has 0 aliphatic heterocycles. The van der Waals surface area contributed by atoms with Crippen molar-refractivity contribution >= 4 is 0 Å². The van der Waals surface area contributed by atoms with Gasteiger partial charge in [0.15, 0.2) is 0 Å². The number of halogens is 2. The molecule has 2 N–H and O–H groups in total. The number of hydrogen-bond donors (Lipinski definition) is 1. The zero-order valence-electron chi connectivity index (χ0n) is 10.3. The Kier molecular flexibility index (Phi) is 3.21. The summed E-state index contributed by atoms with van der Waals surface area (Å²) in [6.07, 6.45) is 2.37. The Bertz CT molecular complexity index is 386. The zero-order valence-corrected chi connectivity index (χ0v) is 10.3. The fraction of sp³-hybridized carbons (Fsp3) is 0.571. The van der Waals surface area contributed by atoms with Crippen molar-refractivity contribution in [2.75, 3.05) is 0 Å². The zero-order chi connectivity index (χ0) is 12.6. The fourth-order valence-electron chi connectivity index (χ4n) is 3.36. The minimum Gasteiger partial charge on any atom is -0.321 e. The van der Waals surface area contributed by atoms with E-state index in [1.165, 1.54) is 18.2 Å². The van der Waals surface area contributed by atoms with Crippen molar-refractivity contribution in [3.05, 3.63) is 35.4 Å². The molecule has 2 unspecified atom stereocenters. The van der Waals surface area contributed by atoms with Gasteiger partial charge >= 0.3 is 0 Å². The number of nitrogens with two attached hydrogens (primary N) is 1. The summed E-state index contributed by atoms with van der Waals surface area (Å²) in [4.78, 5) is 0. The Morgan fingerprint density at radius 2 is 1.59 bits per heavy atom. The molecule has 0 spiro atoms. The van der Waals surface area contributed by atoms with E-state index in [0.717, 1.165) is 6.42 Å².